The standard InChI is InChI=1S/C2H5O2.Au.ClH/c3-1-2-4;;/h3H,1-2H2;;1H/q-1;+2;/p-1. The minimum atomic E-state index is -0.499. The fourth-order valence-electron chi connectivity index (χ4n) is 0.0508. The quantitative estimate of drug-likeness (QED) is 0.593. The first-order chi connectivity index (χ1) is 2.91. The molecule has 0 rings (SSSR count). The van der Waals surface area contributed by atoms with Crippen LogP contribution in [-0.2, 0) is 22.3 Å². The summed E-state index contributed by atoms with van der Waals surface area (Å²) in [5.74, 6) is 0. The predicted molar refractivity (Wildman–Crippen MR) is 18.9 cm³/mol. The summed E-state index contributed by atoms with van der Waals surface area (Å²) >= 11 is -0.499. The summed E-state index contributed by atoms with van der Waals surface area (Å²) in [6.07, 6.45) is 0. The molecule has 0 aliphatic rings. The van der Waals surface area contributed by atoms with Crippen molar-refractivity contribution in [2.24, 2.45) is 0 Å². The molecule has 4 heteroatoms. The van der Waals surface area contributed by atoms with Crippen molar-refractivity contribution in [2.75, 3.05) is 13.2 Å². The van der Waals surface area contributed by atoms with Crippen LogP contribution in [0.2, 0.25) is 0 Å². The summed E-state index contributed by atoms with van der Waals surface area (Å²) in [5.41, 5.74) is 0. The molecular weight excluding hydrogens is 288 g/mol. The van der Waals surface area contributed by atoms with E-state index in [4.69, 9.17) is 14.3 Å². The molecule has 0 saturated carbocycles. The normalized spacial score (nSPS) is 9.67. The second-order valence-electron chi connectivity index (χ2n) is 0.561. The van der Waals surface area contributed by atoms with Gasteiger partial charge in [0.25, 0.3) is 0 Å². The van der Waals surface area contributed by atoms with Crippen molar-refractivity contribution in [3.05, 3.63) is 0 Å². The second-order valence-corrected chi connectivity index (χ2v) is 2.28. The van der Waals surface area contributed by atoms with E-state index in [-0.39, 0.29) is 6.61 Å². The Morgan fingerprint density at radius 3 is 2.67 bits per heavy atom. The summed E-state index contributed by atoms with van der Waals surface area (Å²) < 4.78 is 4.60. The first-order valence-electron chi connectivity index (χ1n) is 1.34. The number of aliphatic hydroxyl groups is 1. The van der Waals surface area contributed by atoms with E-state index in [0.717, 1.165) is 0 Å². The van der Waals surface area contributed by atoms with Gasteiger partial charge in [0.15, 0.2) is 0 Å². The van der Waals surface area contributed by atoms with Crippen molar-refractivity contribution in [2.45, 2.75) is 0 Å². The molecule has 0 aromatic carbocycles. The molecule has 0 spiro atoms. The van der Waals surface area contributed by atoms with Gasteiger partial charge in [0.2, 0.25) is 0 Å². The number of hydrogen-bond acceptors (Lipinski definition) is 2. The Kier molecular flexibility index (Phi) is 6.89. The van der Waals surface area contributed by atoms with Crippen molar-refractivity contribution in [3.63, 3.8) is 0 Å². The third-order valence-corrected chi connectivity index (χ3v) is 1.40. The molecule has 0 saturated heterocycles. The summed E-state index contributed by atoms with van der Waals surface area (Å²) in [6, 6.07) is 0. The Morgan fingerprint density at radius 1 is 1.83 bits per heavy atom. The maximum atomic E-state index is 8.03. The van der Waals surface area contributed by atoms with Crippen molar-refractivity contribution in [1.29, 1.82) is 0 Å². The molecule has 2 nitrogen and oxygen atoms in total. The van der Waals surface area contributed by atoms with E-state index >= 15 is 0 Å². The summed E-state index contributed by atoms with van der Waals surface area (Å²) in [7, 11) is 5.14. The average molecular weight is 293 g/mol. The van der Waals surface area contributed by atoms with Crippen molar-refractivity contribution in [1.82, 2.24) is 0 Å². The van der Waals surface area contributed by atoms with Crippen molar-refractivity contribution < 1.29 is 27.4 Å². The number of rotatable bonds is 3. The van der Waals surface area contributed by atoms with E-state index < -0.39 is 19.1 Å². The van der Waals surface area contributed by atoms with Crippen LogP contribution in [-0.4, -0.2) is 18.3 Å². The molecule has 6 heavy (non-hydrogen) atoms. The average Bonchev–Trinajstić information content (AvgIpc) is 1.61. The molecule has 0 aliphatic carbocycles. The van der Waals surface area contributed by atoms with Gasteiger partial charge in [0.05, 0.1) is 0 Å². The van der Waals surface area contributed by atoms with Crippen molar-refractivity contribution >= 4 is 9.19 Å². The molecule has 0 fully saturated rings. The van der Waals surface area contributed by atoms with Crippen LogP contribution in [0.15, 0.2) is 0 Å². The fraction of sp³-hybridized carbons (Fsp3) is 1.00. The van der Waals surface area contributed by atoms with Gasteiger partial charge in [0.1, 0.15) is 0 Å². The van der Waals surface area contributed by atoms with E-state index in [9.17, 15) is 0 Å². The topological polar surface area (TPSA) is 29.5 Å². The van der Waals surface area contributed by atoms with Crippen LogP contribution in [0.5, 0.6) is 0 Å². The minimum absolute atomic E-state index is 0.0726. The Labute approximate surface area is 50.1 Å². The zero-order valence-electron chi connectivity index (χ0n) is 2.95. The number of aliphatic hydroxyl groups excluding tert-OH is 1. The van der Waals surface area contributed by atoms with Crippen molar-refractivity contribution in [3.8, 4) is 0 Å². The molecule has 0 unspecified atom stereocenters. The number of hydrogen-bond donors (Lipinski definition) is 1. The monoisotopic (exact) mass is 293 g/mol. The van der Waals surface area contributed by atoms with Gasteiger partial charge in [-0.3, -0.25) is 0 Å². The fourth-order valence-corrected chi connectivity index (χ4v) is 0.797. The maximum absolute atomic E-state index is 8.03. The third-order valence-electron chi connectivity index (χ3n) is 0.186. The van der Waals surface area contributed by atoms with Gasteiger partial charge in [-0.1, -0.05) is 0 Å². The first kappa shape index (κ1) is 6.95. The molecule has 1 N–H and O–H groups in total. The SMILES string of the molecule is OCC[O][Au][Cl]. The molecular formula is C2H5AuClO2. The van der Waals surface area contributed by atoms with E-state index in [1.807, 2.05) is 0 Å². The summed E-state index contributed by atoms with van der Waals surface area (Å²) in [4.78, 5) is 0. The molecule has 0 aromatic rings. The molecule has 0 aliphatic heterocycles. The Hall–Kier alpha value is 0.950. The van der Waals surface area contributed by atoms with Crippen LogP contribution in [0.4, 0.5) is 0 Å². The number of halogens is 1. The molecule has 43 valence electrons. The molecule has 0 heterocycles. The first-order valence-corrected chi connectivity index (χ1v) is 4.91. The van der Waals surface area contributed by atoms with Gasteiger partial charge in [0, 0.05) is 0 Å². The van der Waals surface area contributed by atoms with Crippen LogP contribution in [0.25, 0.3) is 0 Å². The van der Waals surface area contributed by atoms with Gasteiger partial charge in [-0.2, -0.15) is 0 Å². The Morgan fingerprint density at radius 2 is 2.50 bits per heavy atom. The van der Waals surface area contributed by atoms with E-state index in [1.54, 1.807) is 0 Å². The third kappa shape index (κ3) is 4.95. The summed E-state index contributed by atoms with van der Waals surface area (Å²) in [6.45, 7) is 0.453. The molecule has 0 aromatic heterocycles. The summed E-state index contributed by atoms with van der Waals surface area (Å²) in [5, 5.41) is 8.03. The molecule has 0 atom stereocenters. The molecule has 0 amide bonds. The Bertz CT molecular complexity index is 23.5. The van der Waals surface area contributed by atoms with Crippen LogP contribution in [0, 0.1) is 0 Å². The predicted octanol–water partition coefficient (Wildman–Crippen LogP) is 0.147. The molecule has 0 radical (unpaired) electrons. The molecule has 0 bridgehead atoms. The van der Waals surface area contributed by atoms with E-state index in [0.29, 0.717) is 6.61 Å². The van der Waals surface area contributed by atoms with Gasteiger partial charge < -0.3 is 0 Å². The zero-order chi connectivity index (χ0) is 4.83. The van der Waals surface area contributed by atoms with Crippen LogP contribution in [0.1, 0.15) is 0 Å². The van der Waals surface area contributed by atoms with E-state index in [2.05, 4.69) is 3.24 Å². The van der Waals surface area contributed by atoms with Gasteiger partial charge in [-0.25, -0.2) is 0 Å². The van der Waals surface area contributed by atoms with Gasteiger partial charge in [-0.05, 0) is 0 Å². The zero-order valence-corrected chi connectivity index (χ0v) is 5.87. The van der Waals surface area contributed by atoms with Crippen LogP contribution < -0.4 is 0 Å². The van der Waals surface area contributed by atoms with Crippen LogP contribution in [0.3, 0.4) is 0 Å². The van der Waals surface area contributed by atoms with Gasteiger partial charge in [-0.15, -0.1) is 0 Å². The van der Waals surface area contributed by atoms with E-state index in [1.165, 1.54) is 0 Å². The van der Waals surface area contributed by atoms with Crippen LogP contribution >= 0.6 is 9.19 Å². The Balaban J connectivity index is 2.34. The second kappa shape index (κ2) is 5.95. The van der Waals surface area contributed by atoms with Gasteiger partial charge >= 0.3 is 49.8 Å².